The van der Waals surface area contributed by atoms with Crippen molar-refractivity contribution in [1.29, 1.82) is 0 Å². The summed E-state index contributed by atoms with van der Waals surface area (Å²) < 4.78 is 19.2. The van der Waals surface area contributed by atoms with Crippen LogP contribution in [0.3, 0.4) is 0 Å². The first-order valence-electron chi connectivity index (χ1n) is 5.80. The Bertz CT molecular complexity index is 413. The molecule has 0 spiro atoms. The highest BCUT2D eigenvalue weighted by atomic mass is 35.5. The molecule has 0 bridgehead atoms. The molecule has 1 aliphatic rings. The van der Waals surface area contributed by atoms with Gasteiger partial charge in [0.1, 0.15) is 5.82 Å². The van der Waals surface area contributed by atoms with Crippen molar-refractivity contribution in [2.24, 2.45) is 5.73 Å². The molecular weight excluding hydrogens is 241 g/mol. The van der Waals surface area contributed by atoms with Gasteiger partial charge in [-0.25, -0.2) is 4.39 Å². The minimum atomic E-state index is -0.323. The molecule has 2 nitrogen and oxygen atoms in total. The van der Waals surface area contributed by atoms with Gasteiger partial charge in [0.05, 0.1) is 11.6 Å². The van der Waals surface area contributed by atoms with E-state index in [2.05, 4.69) is 0 Å². The smallest absolute Gasteiger partial charge is 0.145 e. The fourth-order valence-electron chi connectivity index (χ4n) is 2.47. The summed E-state index contributed by atoms with van der Waals surface area (Å²) in [5.41, 5.74) is 7.15. The zero-order chi connectivity index (χ0) is 12.5. The average molecular weight is 258 g/mol. The summed E-state index contributed by atoms with van der Waals surface area (Å²) in [6.07, 6.45) is 2.98. The summed E-state index contributed by atoms with van der Waals surface area (Å²) in [5.74, 6) is -0.323. The summed E-state index contributed by atoms with van der Waals surface area (Å²) in [5, 5.41) is 0.161. The van der Waals surface area contributed by atoms with Gasteiger partial charge in [0.2, 0.25) is 0 Å². The normalized spacial score (nSPS) is 17.9. The summed E-state index contributed by atoms with van der Waals surface area (Å²) in [6.45, 7) is 0.907. The van der Waals surface area contributed by atoms with Crippen molar-refractivity contribution in [2.45, 2.75) is 31.3 Å². The van der Waals surface area contributed by atoms with Gasteiger partial charge in [0.15, 0.2) is 0 Å². The Morgan fingerprint density at radius 1 is 1.47 bits per heavy atom. The zero-order valence-corrected chi connectivity index (χ0v) is 10.7. The Kier molecular flexibility index (Phi) is 3.71. The first-order chi connectivity index (χ1) is 8.13. The maximum atomic E-state index is 14.1. The van der Waals surface area contributed by atoms with Gasteiger partial charge in [-0.15, -0.1) is 0 Å². The van der Waals surface area contributed by atoms with Gasteiger partial charge >= 0.3 is 0 Å². The Balaban J connectivity index is 2.44. The van der Waals surface area contributed by atoms with Crippen LogP contribution in [0.15, 0.2) is 12.1 Å². The molecule has 0 amide bonds. The van der Waals surface area contributed by atoms with Gasteiger partial charge in [-0.1, -0.05) is 18.0 Å². The number of methoxy groups -OCH3 is 1. The van der Waals surface area contributed by atoms with Crippen molar-refractivity contribution >= 4 is 11.6 Å². The van der Waals surface area contributed by atoms with Crippen LogP contribution in [-0.4, -0.2) is 13.7 Å². The van der Waals surface area contributed by atoms with Gasteiger partial charge in [-0.2, -0.15) is 0 Å². The van der Waals surface area contributed by atoms with E-state index >= 15 is 0 Å². The van der Waals surface area contributed by atoms with Crippen molar-refractivity contribution in [3.05, 3.63) is 34.1 Å². The molecule has 1 fully saturated rings. The third-order valence-electron chi connectivity index (χ3n) is 3.67. The maximum Gasteiger partial charge on any atom is 0.145 e. The van der Waals surface area contributed by atoms with E-state index in [4.69, 9.17) is 22.1 Å². The average Bonchev–Trinajstić information content (AvgIpc) is 2.24. The van der Waals surface area contributed by atoms with Gasteiger partial charge in [0, 0.05) is 19.1 Å². The van der Waals surface area contributed by atoms with Gasteiger partial charge < -0.3 is 10.5 Å². The second-order valence-corrected chi connectivity index (χ2v) is 5.12. The van der Waals surface area contributed by atoms with E-state index in [1.807, 2.05) is 6.07 Å². The van der Waals surface area contributed by atoms with Gasteiger partial charge in [-0.3, -0.25) is 0 Å². The van der Waals surface area contributed by atoms with Gasteiger partial charge in [-0.05, 0) is 36.1 Å². The quantitative estimate of drug-likeness (QED) is 0.900. The minimum absolute atomic E-state index is 0.161. The third-order valence-corrected chi connectivity index (χ3v) is 3.95. The highest BCUT2D eigenvalue weighted by Gasteiger charge is 2.40. The predicted molar refractivity (Wildman–Crippen MR) is 66.7 cm³/mol. The van der Waals surface area contributed by atoms with E-state index in [9.17, 15) is 4.39 Å². The fraction of sp³-hybridized carbons (Fsp3) is 0.538. The van der Waals surface area contributed by atoms with Crippen LogP contribution in [-0.2, 0) is 16.8 Å². The largest absolute Gasteiger partial charge is 0.380 e. The van der Waals surface area contributed by atoms with E-state index in [0.29, 0.717) is 18.7 Å². The summed E-state index contributed by atoms with van der Waals surface area (Å²) in [7, 11) is 1.61. The van der Waals surface area contributed by atoms with Crippen LogP contribution in [0.1, 0.15) is 30.4 Å². The summed E-state index contributed by atoms with van der Waals surface area (Å²) in [6, 6.07) is 3.46. The number of hydrogen-bond donors (Lipinski definition) is 1. The lowest BCUT2D eigenvalue weighted by Gasteiger charge is -2.42. The molecule has 0 unspecified atom stereocenters. The lowest BCUT2D eigenvalue weighted by molar-refractivity contribution is 0.184. The molecule has 17 heavy (non-hydrogen) atoms. The maximum absolute atomic E-state index is 14.1. The molecule has 1 aromatic carbocycles. The fourth-order valence-corrected chi connectivity index (χ4v) is 2.71. The highest BCUT2D eigenvalue weighted by Crippen LogP contribution is 2.45. The number of halogens is 2. The number of hydrogen-bond acceptors (Lipinski definition) is 2. The molecular formula is C13H17ClFNO. The first-order valence-corrected chi connectivity index (χ1v) is 6.18. The van der Waals surface area contributed by atoms with E-state index in [-0.39, 0.29) is 16.3 Å². The van der Waals surface area contributed by atoms with Crippen LogP contribution in [0, 0.1) is 5.82 Å². The zero-order valence-electron chi connectivity index (χ0n) is 9.93. The lowest BCUT2D eigenvalue weighted by atomic mass is 9.64. The SMILES string of the molecule is COCc1cc(Cl)c(F)c(C2(CN)CCC2)c1. The van der Waals surface area contributed by atoms with Crippen molar-refractivity contribution in [3.63, 3.8) is 0 Å². The topological polar surface area (TPSA) is 35.2 Å². The third kappa shape index (κ3) is 2.19. The molecule has 0 aliphatic heterocycles. The molecule has 1 aromatic rings. The Labute approximate surface area is 106 Å². The minimum Gasteiger partial charge on any atom is -0.380 e. The van der Waals surface area contributed by atoms with E-state index in [1.165, 1.54) is 0 Å². The molecule has 1 saturated carbocycles. The predicted octanol–water partition coefficient (Wildman–Crippen LogP) is 3.01. The second-order valence-electron chi connectivity index (χ2n) is 4.71. The Hall–Kier alpha value is -0.640. The first kappa shape index (κ1) is 12.8. The number of rotatable bonds is 4. The molecule has 0 atom stereocenters. The van der Waals surface area contributed by atoms with Crippen molar-refractivity contribution in [2.75, 3.05) is 13.7 Å². The number of nitrogens with two attached hydrogens (primary N) is 1. The summed E-state index contributed by atoms with van der Waals surface area (Å²) in [4.78, 5) is 0. The second kappa shape index (κ2) is 4.92. The molecule has 0 saturated heterocycles. The monoisotopic (exact) mass is 257 g/mol. The standard InChI is InChI=1S/C13H17ClFNO/c1-17-7-9-5-10(12(15)11(14)6-9)13(8-16)3-2-4-13/h5-6H,2-4,7-8,16H2,1H3. The van der Waals surface area contributed by atoms with Crippen molar-refractivity contribution < 1.29 is 9.13 Å². The van der Waals surface area contributed by atoms with Crippen LogP contribution in [0.5, 0.6) is 0 Å². The van der Waals surface area contributed by atoms with E-state index in [1.54, 1.807) is 13.2 Å². The van der Waals surface area contributed by atoms with Crippen LogP contribution in [0.4, 0.5) is 4.39 Å². The molecule has 0 radical (unpaired) electrons. The molecule has 4 heteroatoms. The van der Waals surface area contributed by atoms with Gasteiger partial charge in [0.25, 0.3) is 0 Å². The van der Waals surface area contributed by atoms with Crippen molar-refractivity contribution in [1.82, 2.24) is 0 Å². The van der Waals surface area contributed by atoms with Crippen LogP contribution >= 0.6 is 11.6 Å². The van der Waals surface area contributed by atoms with Crippen LogP contribution in [0.25, 0.3) is 0 Å². The summed E-state index contributed by atoms with van der Waals surface area (Å²) >= 11 is 5.93. The molecule has 94 valence electrons. The van der Waals surface area contributed by atoms with Crippen LogP contribution < -0.4 is 5.73 Å². The number of ether oxygens (including phenoxy) is 1. The van der Waals surface area contributed by atoms with E-state index in [0.717, 1.165) is 24.8 Å². The number of benzene rings is 1. The molecule has 1 aliphatic carbocycles. The molecule has 2 rings (SSSR count). The molecule has 0 heterocycles. The highest BCUT2D eigenvalue weighted by molar-refractivity contribution is 6.30. The molecule has 2 N–H and O–H groups in total. The molecule has 0 aromatic heterocycles. The Morgan fingerprint density at radius 3 is 2.65 bits per heavy atom. The lowest BCUT2D eigenvalue weighted by Crippen LogP contribution is -2.42. The van der Waals surface area contributed by atoms with Crippen LogP contribution in [0.2, 0.25) is 5.02 Å². The van der Waals surface area contributed by atoms with Crippen molar-refractivity contribution in [3.8, 4) is 0 Å². The Morgan fingerprint density at radius 2 is 2.18 bits per heavy atom. The van der Waals surface area contributed by atoms with E-state index < -0.39 is 0 Å².